The Labute approximate surface area is 124 Å². The highest BCUT2D eigenvalue weighted by Crippen LogP contribution is 2.16. The number of anilines is 1. The van der Waals surface area contributed by atoms with Gasteiger partial charge in [0, 0.05) is 37.1 Å². The summed E-state index contributed by atoms with van der Waals surface area (Å²) in [5.74, 6) is 0.715. The molecular weight excluding hydrogens is 264 g/mol. The topological polar surface area (TPSA) is 58.1 Å². The number of amides is 1. The molecule has 0 unspecified atom stereocenters. The molecule has 5 nitrogen and oxygen atoms in total. The molecular formula is C16H18N4O. The van der Waals surface area contributed by atoms with Crippen molar-refractivity contribution in [2.45, 2.75) is 18.9 Å². The first-order chi connectivity index (χ1) is 10.3. The lowest BCUT2D eigenvalue weighted by Gasteiger charge is -2.33. The molecule has 5 heteroatoms. The van der Waals surface area contributed by atoms with E-state index in [0.29, 0.717) is 12.5 Å². The molecule has 1 atom stereocenters. The van der Waals surface area contributed by atoms with Crippen LogP contribution in [0.5, 0.6) is 0 Å². The van der Waals surface area contributed by atoms with Gasteiger partial charge in [-0.3, -0.25) is 4.79 Å². The molecule has 108 valence electrons. The fourth-order valence-electron chi connectivity index (χ4n) is 2.60. The summed E-state index contributed by atoms with van der Waals surface area (Å²) in [6, 6.07) is 11.4. The first-order valence-corrected chi connectivity index (χ1v) is 7.21. The highest BCUT2D eigenvalue weighted by atomic mass is 16.2. The van der Waals surface area contributed by atoms with Crippen LogP contribution in [0.3, 0.4) is 0 Å². The number of rotatable bonds is 3. The number of carbonyl (C=O) groups excluding carboxylic acids is 1. The lowest BCUT2D eigenvalue weighted by atomic mass is 10.0. The smallest absolute Gasteiger partial charge is 0.253 e. The third kappa shape index (κ3) is 3.37. The third-order valence-electron chi connectivity index (χ3n) is 3.63. The van der Waals surface area contributed by atoms with Gasteiger partial charge in [-0.2, -0.15) is 0 Å². The average Bonchev–Trinajstić information content (AvgIpc) is 2.56. The first-order valence-electron chi connectivity index (χ1n) is 7.21. The number of hydrogen-bond acceptors (Lipinski definition) is 4. The molecule has 2 heterocycles. The summed E-state index contributed by atoms with van der Waals surface area (Å²) in [4.78, 5) is 22.7. The zero-order chi connectivity index (χ0) is 14.5. The predicted octanol–water partition coefficient (Wildman–Crippen LogP) is 2.19. The largest absolute Gasteiger partial charge is 0.350 e. The van der Waals surface area contributed by atoms with E-state index in [2.05, 4.69) is 15.3 Å². The minimum atomic E-state index is 0.0936. The van der Waals surface area contributed by atoms with Gasteiger partial charge in [0.25, 0.3) is 5.91 Å². The van der Waals surface area contributed by atoms with Crippen LogP contribution in [0.4, 0.5) is 5.95 Å². The number of nitrogens with zero attached hydrogens (tertiary/aromatic N) is 3. The van der Waals surface area contributed by atoms with Crippen LogP contribution in [-0.4, -0.2) is 39.9 Å². The van der Waals surface area contributed by atoms with Gasteiger partial charge in [0.05, 0.1) is 0 Å². The Bertz CT molecular complexity index is 588. The summed E-state index contributed by atoms with van der Waals surface area (Å²) in [7, 11) is 0. The van der Waals surface area contributed by atoms with Crippen LogP contribution in [0.2, 0.25) is 0 Å². The van der Waals surface area contributed by atoms with Crippen LogP contribution in [0.1, 0.15) is 23.2 Å². The van der Waals surface area contributed by atoms with Gasteiger partial charge in [0.15, 0.2) is 0 Å². The number of aromatic nitrogens is 2. The van der Waals surface area contributed by atoms with E-state index >= 15 is 0 Å². The zero-order valence-electron chi connectivity index (χ0n) is 11.8. The molecule has 1 aromatic carbocycles. The molecule has 21 heavy (non-hydrogen) atoms. The van der Waals surface area contributed by atoms with E-state index in [1.165, 1.54) is 0 Å². The maximum Gasteiger partial charge on any atom is 0.253 e. The molecule has 1 aliphatic heterocycles. The van der Waals surface area contributed by atoms with Crippen LogP contribution in [0, 0.1) is 0 Å². The van der Waals surface area contributed by atoms with Gasteiger partial charge in [-0.15, -0.1) is 0 Å². The molecule has 3 rings (SSSR count). The molecule has 1 aliphatic rings. The number of hydrogen-bond donors (Lipinski definition) is 1. The minimum Gasteiger partial charge on any atom is -0.350 e. The van der Waals surface area contributed by atoms with Crippen molar-refractivity contribution in [3.05, 3.63) is 54.4 Å². The maximum absolute atomic E-state index is 12.5. The average molecular weight is 282 g/mol. The summed E-state index contributed by atoms with van der Waals surface area (Å²) >= 11 is 0. The Morgan fingerprint density at radius 2 is 1.90 bits per heavy atom. The second-order valence-electron chi connectivity index (χ2n) is 5.17. The Balaban J connectivity index is 1.64. The van der Waals surface area contributed by atoms with E-state index in [9.17, 15) is 4.79 Å². The van der Waals surface area contributed by atoms with E-state index in [4.69, 9.17) is 0 Å². The van der Waals surface area contributed by atoms with E-state index in [0.717, 1.165) is 24.9 Å². The number of nitrogens with one attached hydrogen (secondary N) is 1. The number of benzene rings is 1. The molecule has 1 N–H and O–H groups in total. The van der Waals surface area contributed by atoms with Crippen LogP contribution in [0.15, 0.2) is 48.8 Å². The van der Waals surface area contributed by atoms with Gasteiger partial charge in [-0.05, 0) is 31.0 Å². The Hall–Kier alpha value is -2.43. The summed E-state index contributed by atoms with van der Waals surface area (Å²) in [6.07, 6.45) is 5.44. The van der Waals surface area contributed by atoms with Crippen LogP contribution in [-0.2, 0) is 0 Å². The van der Waals surface area contributed by atoms with Crippen molar-refractivity contribution in [2.75, 3.05) is 18.4 Å². The second kappa shape index (κ2) is 6.35. The minimum absolute atomic E-state index is 0.0936. The van der Waals surface area contributed by atoms with E-state index in [1.54, 1.807) is 18.5 Å². The molecule has 0 bridgehead atoms. The van der Waals surface area contributed by atoms with Gasteiger partial charge >= 0.3 is 0 Å². The van der Waals surface area contributed by atoms with Gasteiger partial charge in [0.2, 0.25) is 5.95 Å². The number of carbonyl (C=O) groups is 1. The van der Waals surface area contributed by atoms with Crippen LogP contribution < -0.4 is 5.32 Å². The zero-order valence-corrected chi connectivity index (χ0v) is 11.8. The Kier molecular flexibility index (Phi) is 4.09. The molecule has 0 radical (unpaired) electrons. The van der Waals surface area contributed by atoms with Gasteiger partial charge in [-0.25, -0.2) is 9.97 Å². The summed E-state index contributed by atoms with van der Waals surface area (Å²) in [5, 5.41) is 3.30. The van der Waals surface area contributed by atoms with Crippen LogP contribution >= 0.6 is 0 Å². The molecule has 1 saturated heterocycles. The molecule has 0 saturated carbocycles. The lowest BCUT2D eigenvalue weighted by molar-refractivity contribution is 0.0714. The SMILES string of the molecule is O=C(c1ccccc1)N1CCC[C@@H](Nc2ncccn2)C1. The number of piperidine rings is 1. The number of likely N-dealkylation sites (tertiary alicyclic amines) is 1. The third-order valence-corrected chi connectivity index (χ3v) is 3.63. The highest BCUT2D eigenvalue weighted by molar-refractivity contribution is 5.94. The Morgan fingerprint density at radius 1 is 1.14 bits per heavy atom. The molecule has 1 fully saturated rings. The van der Waals surface area contributed by atoms with Crippen molar-refractivity contribution in [3.63, 3.8) is 0 Å². The standard InChI is InChI=1S/C16H18N4O/c21-15(13-6-2-1-3-7-13)20-11-4-8-14(12-20)19-16-17-9-5-10-18-16/h1-3,5-7,9-10,14H,4,8,11-12H2,(H,17,18,19)/t14-/m1/s1. The quantitative estimate of drug-likeness (QED) is 0.937. The van der Waals surface area contributed by atoms with E-state index < -0.39 is 0 Å². The van der Waals surface area contributed by atoms with Crippen molar-refractivity contribution >= 4 is 11.9 Å². The van der Waals surface area contributed by atoms with Gasteiger partial charge < -0.3 is 10.2 Å². The molecule has 0 aliphatic carbocycles. The first kappa shape index (κ1) is 13.5. The molecule has 2 aromatic rings. The van der Waals surface area contributed by atoms with E-state index in [1.807, 2.05) is 35.2 Å². The monoisotopic (exact) mass is 282 g/mol. The Morgan fingerprint density at radius 3 is 2.67 bits per heavy atom. The molecule has 0 spiro atoms. The second-order valence-corrected chi connectivity index (χ2v) is 5.17. The van der Waals surface area contributed by atoms with E-state index in [-0.39, 0.29) is 11.9 Å². The van der Waals surface area contributed by atoms with Crippen molar-refractivity contribution in [2.24, 2.45) is 0 Å². The van der Waals surface area contributed by atoms with Crippen molar-refractivity contribution in [3.8, 4) is 0 Å². The molecule has 1 amide bonds. The summed E-state index contributed by atoms with van der Waals surface area (Å²) in [6.45, 7) is 1.49. The highest BCUT2D eigenvalue weighted by Gasteiger charge is 2.24. The summed E-state index contributed by atoms with van der Waals surface area (Å²) in [5.41, 5.74) is 0.745. The molecule has 1 aromatic heterocycles. The fourth-order valence-corrected chi connectivity index (χ4v) is 2.60. The normalized spacial score (nSPS) is 18.3. The van der Waals surface area contributed by atoms with Gasteiger partial charge in [-0.1, -0.05) is 18.2 Å². The van der Waals surface area contributed by atoms with Crippen LogP contribution in [0.25, 0.3) is 0 Å². The fraction of sp³-hybridized carbons (Fsp3) is 0.312. The lowest BCUT2D eigenvalue weighted by Crippen LogP contribution is -2.45. The van der Waals surface area contributed by atoms with Crippen molar-refractivity contribution in [1.82, 2.24) is 14.9 Å². The van der Waals surface area contributed by atoms with Crippen molar-refractivity contribution in [1.29, 1.82) is 0 Å². The maximum atomic E-state index is 12.5. The predicted molar refractivity (Wildman–Crippen MR) is 81.0 cm³/mol. The van der Waals surface area contributed by atoms with Gasteiger partial charge in [0.1, 0.15) is 0 Å². The summed E-state index contributed by atoms with van der Waals surface area (Å²) < 4.78 is 0. The van der Waals surface area contributed by atoms with Crippen molar-refractivity contribution < 1.29 is 4.79 Å².